The molecule has 0 saturated carbocycles. The van der Waals surface area contributed by atoms with Crippen molar-refractivity contribution >= 4 is 34.1 Å². The number of aryl methyl sites for hydroxylation is 2. The van der Waals surface area contributed by atoms with Gasteiger partial charge in [-0.2, -0.15) is 10.1 Å². The van der Waals surface area contributed by atoms with E-state index in [2.05, 4.69) is 56.4 Å². The largest absolute Gasteiger partial charge is 0.467 e. The molecule has 10 nitrogen and oxygen atoms in total. The lowest BCUT2D eigenvalue weighted by Crippen LogP contribution is -2.16. The molecule has 2 N–H and O–H groups in total. The molecule has 0 bridgehead atoms. The van der Waals surface area contributed by atoms with Crippen LogP contribution in [-0.4, -0.2) is 42.7 Å². The molecule has 33 heavy (non-hydrogen) atoms. The Bertz CT molecular complexity index is 1340. The molecular formula is C23H26N8O2. The van der Waals surface area contributed by atoms with Gasteiger partial charge in [-0.25, -0.2) is 15.0 Å². The third-order valence-corrected chi connectivity index (χ3v) is 5.17. The average Bonchev–Trinajstić information content (AvgIpc) is 3.18. The zero-order valence-corrected chi connectivity index (χ0v) is 19.5. The third kappa shape index (κ3) is 4.59. The molecule has 10 heteroatoms. The van der Waals surface area contributed by atoms with Crippen molar-refractivity contribution in [3.63, 3.8) is 0 Å². The quantitative estimate of drug-likeness (QED) is 0.475. The van der Waals surface area contributed by atoms with Crippen LogP contribution in [0.1, 0.15) is 42.5 Å². The van der Waals surface area contributed by atoms with Gasteiger partial charge < -0.3 is 15.4 Å². The molecule has 0 saturated heterocycles. The lowest BCUT2D eigenvalue weighted by atomic mass is 9.92. The number of carbonyl (C=O) groups is 1. The Labute approximate surface area is 191 Å². The SMILES string of the molecule is COc1ncc2ncnc(Nc3cc(NC(=O)c4cc(C(C)(C)C)nn4C)ccc3C)c2n1. The van der Waals surface area contributed by atoms with E-state index in [4.69, 9.17) is 4.74 Å². The summed E-state index contributed by atoms with van der Waals surface area (Å²) >= 11 is 0. The van der Waals surface area contributed by atoms with Crippen molar-refractivity contribution in [1.82, 2.24) is 29.7 Å². The smallest absolute Gasteiger partial charge is 0.316 e. The second kappa shape index (κ2) is 8.45. The fraction of sp³-hybridized carbons (Fsp3) is 0.304. The molecule has 3 heterocycles. The maximum absolute atomic E-state index is 12.9. The Hall–Kier alpha value is -4.08. The summed E-state index contributed by atoms with van der Waals surface area (Å²) in [5.41, 5.74) is 4.68. The maximum atomic E-state index is 12.9. The second-order valence-corrected chi connectivity index (χ2v) is 8.71. The number of benzene rings is 1. The highest BCUT2D eigenvalue weighted by atomic mass is 16.5. The van der Waals surface area contributed by atoms with Gasteiger partial charge in [0.05, 0.1) is 19.0 Å². The number of aromatic nitrogens is 6. The summed E-state index contributed by atoms with van der Waals surface area (Å²) in [6, 6.07) is 7.66. The van der Waals surface area contributed by atoms with Crippen molar-refractivity contribution in [2.24, 2.45) is 7.05 Å². The molecule has 0 unspecified atom stereocenters. The van der Waals surface area contributed by atoms with Crippen LogP contribution in [0, 0.1) is 6.92 Å². The standard InChI is InChI=1S/C23H26N8O2/c1-13-7-8-14(27-21(32)17-10-18(23(2,3)4)30-31(17)5)9-15(13)28-20-19-16(25-12-26-20)11-24-22(29-19)33-6/h7-12H,1-6H3,(H,27,32)(H,25,26,28). The van der Waals surface area contributed by atoms with E-state index in [0.717, 1.165) is 16.9 Å². The van der Waals surface area contributed by atoms with E-state index in [0.29, 0.717) is 28.2 Å². The first-order valence-corrected chi connectivity index (χ1v) is 10.4. The predicted octanol–water partition coefficient (Wildman–Crippen LogP) is 3.76. The van der Waals surface area contributed by atoms with Gasteiger partial charge in [0.15, 0.2) is 5.82 Å². The second-order valence-electron chi connectivity index (χ2n) is 8.71. The van der Waals surface area contributed by atoms with Gasteiger partial charge in [-0.1, -0.05) is 26.8 Å². The van der Waals surface area contributed by atoms with Gasteiger partial charge in [-0.05, 0) is 30.7 Å². The minimum atomic E-state index is -0.236. The molecule has 0 radical (unpaired) electrons. The zero-order valence-electron chi connectivity index (χ0n) is 19.5. The first kappa shape index (κ1) is 22.1. The number of hydrogen-bond acceptors (Lipinski definition) is 8. The highest BCUT2D eigenvalue weighted by Crippen LogP contribution is 2.27. The summed E-state index contributed by atoms with van der Waals surface area (Å²) in [5, 5.41) is 10.7. The first-order valence-electron chi connectivity index (χ1n) is 10.4. The van der Waals surface area contributed by atoms with E-state index in [1.54, 1.807) is 17.9 Å². The van der Waals surface area contributed by atoms with Crippen LogP contribution in [0.25, 0.3) is 11.0 Å². The van der Waals surface area contributed by atoms with E-state index in [1.807, 2.05) is 31.2 Å². The summed E-state index contributed by atoms with van der Waals surface area (Å²) in [4.78, 5) is 29.9. The monoisotopic (exact) mass is 446 g/mol. The Morgan fingerprint density at radius 1 is 1.12 bits per heavy atom. The Morgan fingerprint density at radius 3 is 2.61 bits per heavy atom. The van der Waals surface area contributed by atoms with Gasteiger partial charge in [0, 0.05) is 23.8 Å². The molecule has 1 aromatic carbocycles. The minimum absolute atomic E-state index is 0.149. The number of carbonyl (C=O) groups excluding carboxylic acids is 1. The van der Waals surface area contributed by atoms with E-state index in [-0.39, 0.29) is 17.3 Å². The number of rotatable bonds is 5. The summed E-state index contributed by atoms with van der Waals surface area (Å²) in [5.74, 6) is 0.272. The lowest BCUT2D eigenvalue weighted by molar-refractivity contribution is 0.101. The average molecular weight is 447 g/mol. The van der Waals surface area contributed by atoms with Gasteiger partial charge in [-0.3, -0.25) is 9.48 Å². The Morgan fingerprint density at radius 2 is 1.91 bits per heavy atom. The molecule has 0 spiro atoms. The fourth-order valence-electron chi connectivity index (χ4n) is 3.23. The number of nitrogens with zero attached hydrogens (tertiary/aromatic N) is 6. The van der Waals surface area contributed by atoms with Gasteiger partial charge in [0.1, 0.15) is 23.1 Å². The van der Waals surface area contributed by atoms with Crippen LogP contribution in [0.4, 0.5) is 17.2 Å². The van der Waals surface area contributed by atoms with Gasteiger partial charge >= 0.3 is 6.01 Å². The summed E-state index contributed by atoms with van der Waals surface area (Å²) < 4.78 is 6.73. The molecule has 4 rings (SSSR count). The summed E-state index contributed by atoms with van der Waals surface area (Å²) in [6.07, 6.45) is 3.02. The van der Waals surface area contributed by atoms with Crippen LogP contribution >= 0.6 is 0 Å². The molecule has 0 atom stereocenters. The van der Waals surface area contributed by atoms with Crippen molar-refractivity contribution in [3.05, 3.63) is 53.7 Å². The number of nitrogens with one attached hydrogen (secondary N) is 2. The summed E-state index contributed by atoms with van der Waals surface area (Å²) in [7, 11) is 3.27. The van der Waals surface area contributed by atoms with Crippen molar-refractivity contribution in [3.8, 4) is 6.01 Å². The zero-order chi connectivity index (χ0) is 23.8. The van der Waals surface area contributed by atoms with E-state index < -0.39 is 0 Å². The van der Waals surface area contributed by atoms with Crippen LogP contribution in [0.3, 0.4) is 0 Å². The third-order valence-electron chi connectivity index (χ3n) is 5.17. The summed E-state index contributed by atoms with van der Waals surface area (Å²) in [6.45, 7) is 8.15. The number of fused-ring (bicyclic) bond motifs is 1. The minimum Gasteiger partial charge on any atom is -0.467 e. The van der Waals surface area contributed by atoms with Crippen LogP contribution in [0.15, 0.2) is 36.8 Å². The van der Waals surface area contributed by atoms with Crippen LogP contribution in [0.2, 0.25) is 0 Å². The molecule has 0 aliphatic rings. The van der Waals surface area contributed by atoms with Crippen LogP contribution in [-0.2, 0) is 12.5 Å². The number of anilines is 3. The van der Waals surface area contributed by atoms with Gasteiger partial charge in [0.25, 0.3) is 5.91 Å². The number of hydrogen-bond donors (Lipinski definition) is 2. The number of ether oxygens (including phenoxy) is 1. The molecule has 170 valence electrons. The molecular weight excluding hydrogens is 420 g/mol. The number of amides is 1. The van der Waals surface area contributed by atoms with Gasteiger partial charge in [0.2, 0.25) is 0 Å². The fourth-order valence-corrected chi connectivity index (χ4v) is 3.23. The topological polar surface area (TPSA) is 120 Å². The van der Waals surface area contributed by atoms with E-state index >= 15 is 0 Å². The van der Waals surface area contributed by atoms with Crippen LogP contribution < -0.4 is 15.4 Å². The maximum Gasteiger partial charge on any atom is 0.316 e. The Balaban J connectivity index is 1.61. The molecule has 0 aliphatic carbocycles. The normalized spacial score (nSPS) is 11.5. The Kier molecular flexibility index (Phi) is 5.67. The molecule has 0 fully saturated rings. The van der Waals surface area contributed by atoms with Crippen molar-refractivity contribution < 1.29 is 9.53 Å². The van der Waals surface area contributed by atoms with Gasteiger partial charge in [-0.15, -0.1) is 0 Å². The highest BCUT2D eigenvalue weighted by molar-refractivity contribution is 6.03. The van der Waals surface area contributed by atoms with E-state index in [1.165, 1.54) is 13.4 Å². The number of methoxy groups -OCH3 is 1. The lowest BCUT2D eigenvalue weighted by Gasteiger charge is -2.13. The highest BCUT2D eigenvalue weighted by Gasteiger charge is 2.22. The van der Waals surface area contributed by atoms with Crippen molar-refractivity contribution in [2.75, 3.05) is 17.7 Å². The molecule has 3 aromatic heterocycles. The predicted molar refractivity (Wildman–Crippen MR) is 126 cm³/mol. The van der Waals surface area contributed by atoms with Crippen LogP contribution in [0.5, 0.6) is 6.01 Å². The molecule has 0 aliphatic heterocycles. The molecule has 1 amide bonds. The molecule has 4 aromatic rings. The first-order chi connectivity index (χ1) is 15.7. The van der Waals surface area contributed by atoms with Crippen molar-refractivity contribution in [2.45, 2.75) is 33.1 Å². The van der Waals surface area contributed by atoms with E-state index in [9.17, 15) is 4.79 Å². The van der Waals surface area contributed by atoms with Crippen molar-refractivity contribution in [1.29, 1.82) is 0 Å².